The number of hydrogen-bond donors (Lipinski definition) is 0. The van der Waals surface area contributed by atoms with E-state index in [2.05, 4.69) is 11.9 Å². The molecule has 2 aromatic carbocycles. The van der Waals surface area contributed by atoms with Crippen LogP contribution in [0, 0.1) is 0 Å². The Balaban J connectivity index is 1.82. The van der Waals surface area contributed by atoms with Crippen molar-refractivity contribution in [3.8, 4) is 17.2 Å². The van der Waals surface area contributed by atoms with Gasteiger partial charge in [0.1, 0.15) is 6.61 Å². The first-order chi connectivity index (χ1) is 13.1. The zero-order chi connectivity index (χ0) is 19.2. The van der Waals surface area contributed by atoms with Gasteiger partial charge in [-0.15, -0.1) is 0 Å². The highest BCUT2D eigenvalue weighted by Gasteiger charge is 2.24. The molecule has 1 aliphatic rings. The van der Waals surface area contributed by atoms with Crippen molar-refractivity contribution in [2.45, 2.75) is 6.61 Å². The van der Waals surface area contributed by atoms with Crippen molar-refractivity contribution in [2.24, 2.45) is 0 Å². The third kappa shape index (κ3) is 4.52. The number of nitrogens with zero attached hydrogens (tertiary/aromatic N) is 2. The summed E-state index contributed by atoms with van der Waals surface area (Å²) in [5.74, 6) is 1.46. The molecule has 1 amide bonds. The van der Waals surface area contributed by atoms with Gasteiger partial charge in [0, 0.05) is 31.7 Å². The summed E-state index contributed by atoms with van der Waals surface area (Å²) < 4.78 is 16.9. The van der Waals surface area contributed by atoms with Gasteiger partial charge in [-0.3, -0.25) is 4.79 Å². The molecule has 0 radical (unpaired) electrons. The Kier molecular flexibility index (Phi) is 6.19. The Labute approximate surface area is 160 Å². The van der Waals surface area contributed by atoms with Crippen LogP contribution in [0.15, 0.2) is 42.5 Å². The van der Waals surface area contributed by atoms with Gasteiger partial charge < -0.3 is 24.0 Å². The van der Waals surface area contributed by atoms with Crippen molar-refractivity contribution in [1.29, 1.82) is 0 Å². The molecule has 0 spiro atoms. The molecule has 0 N–H and O–H groups in total. The second kappa shape index (κ2) is 8.77. The fourth-order valence-corrected chi connectivity index (χ4v) is 3.07. The quantitative estimate of drug-likeness (QED) is 0.783. The van der Waals surface area contributed by atoms with E-state index in [1.807, 2.05) is 35.2 Å². The minimum absolute atomic E-state index is 0.0192. The molecule has 1 saturated heterocycles. The topological polar surface area (TPSA) is 51.2 Å². The molecular weight excluding hydrogens is 344 g/mol. The molecule has 1 aliphatic heterocycles. The molecule has 0 saturated carbocycles. The fourth-order valence-electron chi connectivity index (χ4n) is 3.07. The minimum Gasteiger partial charge on any atom is -0.493 e. The summed E-state index contributed by atoms with van der Waals surface area (Å²) in [4.78, 5) is 17.0. The first-order valence-corrected chi connectivity index (χ1v) is 9.03. The van der Waals surface area contributed by atoms with Gasteiger partial charge in [-0.25, -0.2) is 0 Å². The number of carbonyl (C=O) groups is 1. The van der Waals surface area contributed by atoms with Crippen LogP contribution in [-0.4, -0.2) is 63.2 Å². The van der Waals surface area contributed by atoms with Gasteiger partial charge in [0.2, 0.25) is 5.75 Å². The van der Waals surface area contributed by atoms with Gasteiger partial charge in [-0.2, -0.15) is 0 Å². The van der Waals surface area contributed by atoms with Crippen LogP contribution < -0.4 is 14.2 Å². The van der Waals surface area contributed by atoms with Crippen LogP contribution in [0.2, 0.25) is 0 Å². The van der Waals surface area contributed by atoms with Crippen molar-refractivity contribution < 1.29 is 19.0 Å². The van der Waals surface area contributed by atoms with E-state index in [1.54, 1.807) is 26.4 Å². The first kappa shape index (κ1) is 19.0. The lowest BCUT2D eigenvalue weighted by Crippen LogP contribution is -2.47. The van der Waals surface area contributed by atoms with Crippen molar-refractivity contribution in [3.05, 3.63) is 53.6 Å². The Morgan fingerprint density at radius 2 is 1.56 bits per heavy atom. The van der Waals surface area contributed by atoms with Crippen LogP contribution in [-0.2, 0) is 6.61 Å². The number of rotatable bonds is 6. The number of likely N-dealkylation sites (N-methyl/N-ethyl adjacent to an activating group) is 1. The highest BCUT2D eigenvalue weighted by atomic mass is 16.5. The fraction of sp³-hybridized carbons (Fsp3) is 0.381. The van der Waals surface area contributed by atoms with Gasteiger partial charge >= 0.3 is 0 Å². The summed E-state index contributed by atoms with van der Waals surface area (Å²) in [6.07, 6.45) is 0. The number of carbonyl (C=O) groups excluding carboxylic acids is 1. The van der Waals surface area contributed by atoms with E-state index in [-0.39, 0.29) is 5.91 Å². The maximum Gasteiger partial charge on any atom is 0.254 e. The summed E-state index contributed by atoms with van der Waals surface area (Å²) in [6, 6.07) is 13.3. The van der Waals surface area contributed by atoms with Crippen LogP contribution in [0.5, 0.6) is 17.2 Å². The minimum atomic E-state index is -0.0192. The molecule has 0 bridgehead atoms. The Bertz CT molecular complexity index is 746. The van der Waals surface area contributed by atoms with Crippen LogP contribution >= 0.6 is 0 Å². The van der Waals surface area contributed by atoms with E-state index < -0.39 is 0 Å². The van der Waals surface area contributed by atoms with Gasteiger partial charge in [-0.05, 0) is 24.7 Å². The normalized spacial score (nSPS) is 14.7. The molecule has 6 heteroatoms. The third-order valence-electron chi connectivity index (χ3n) is 4.72. The summed E-state index contributed by atoms with van der Waals surface area (Å²) >= 11 is 0. The average molecular weight is 370 g/mol. The summed E-state index contributed by atoms with van der Waals surface area (Å²) in [6.45, 7) is 3.56. The second-order valence-electron chi connectivity index (χ2n) is 6.58. The summed E-state index contributed by atoms with van der Waals surface area (Å²) in [7, 11) is 5.19. The smallest absolute Gasteiger partial charge is 0.254 e. The molecule has 1 heterocycles. The first-order valence-electron chi connectivity index (χ1n) is 9.03. The van der Waals surface area contributed by atoms with Crippen LogP contribution in [0.3, 0.4) is 0 Å². The van der Waals surface area contributed by atoms with Crippen LogP contribution in [0.1, 0.15) is 15.9 Å². The monoisotopic (exact) mass is 370 g/mol. The highest BCUT2D eigenvalue weighted by Crippen LogP contribution is 2.39. The Morgan fingerprint density at radius 1 is 0.963 bits per heavy atom. The van der Waals surface area contributed by atoms with Gasteiger partial charge in [0.05, 0.1) is 14.2 Å². The predicted octanol–water partition coefficient (Wildman–Crippen LogP) is 2.67. The van der Waals surface area contributed by atoms with E-state index in [9.17, 15) is 4.79 Å². The van der Waals surface area contributed by atoms with Crippen LogP contribution in [0.4, 0.5) is 0 Å². The maximum absolute atomic E-state index is 12.9. The lowest BCUT2D eigenvalue weighted by atomic mass is 10.1. The Morgan fingerprint density at radius 3 is 2.11 bits per heavy atom. The summed E-state index contributed by atoms with van der Waals surface area (Å²) in [5.41, 5.74) is 1.58. The zero-order valence-electron chi connectivity index (χ0n) is 16.1. The van der Waals surface area contributed by atoms with E-state index in [4.69, 9.17) is 14.2 Å². The van der Waals surface area contributed by atoms with Crippen molar-refractivity contribution in [3.63, 3.8) is 0 Å². The largest absolute Gasteiger partial charge is 0.493 e. The van der Waals surface area contributed by atoms with Crippen molar-refractivity contribution in [2.75, 3.05) is 47.4 Å². The number of piperazine rings is 1. The Hall–Kier alpha value is -2.73. The summed E-state index contributed by atoms with van der Waals surface area (Å²) in [5, 5.41) is 0. The average Bonchev–Trinajstić information content (AvgIpc) is 2.72. The molecule has 6 nitrogen and oxygen atoms in total. The van der Waals surface area contributed by atoms with Gasteiger partial charge in [0.25, 0.3) is 5.91 Å². The van der Waals surface area contributed by atoms with Gasteiger partial charge in [0.15, 0.2) is 11.5 Å². The number of ether oxygens (including phenoxy) is 3. The molecule has 0 unspecified atom stereocenters. The molecule has 1 fully saturated rings. The van der Waals surface area contributed by atoms with E-state index >= 15 is 0 Å². The molecule has 0 aromatic heterocycles. The number of benzene rings is 2. The number of methoxy groups -OCH3 is 2. The molecule has 144 valence electrons. The van der Waals surface area contributed by atoms with Crippen molar-refractivity contribution >= 4 is 5.91 Å². The van der Waals surface area contributed by atoms with Crippen LogP contribution in [0.25, 0.3) is 0 Å². The van der Waals surface area contributed by atoms with E-state index in [0.717, 1.165) is 18.7 Å². The second-order valence-corrected chi connectivity index (χ2v) is 6.58. The lowest BCUT2D eigenvalue weighted by Gasteiger charge is -2.32. The van der Waals surface area contributed by atoms with Gasteiger partial charge in [-0.1, -0.05) is 30.3 Å². The van der Waals surface area contributed by atoms with E-state index in [1.165, 1.54) is 0 Å². The zero-order valence-corrected chi connectivity index (χ0v) is 16.1. The molecule has 3 rings (SSSR count). The molecule has 2 aromatic rings. The third-order valence-corrected chi connectivity index (χ3v) is 4.72. The number of amides is 1. The molecule has 27 heavy (non-hydrogen) atoms. The standard InChI is InChI=1S/C21H26N2O4/c1-22-9-11-23(12-10-22)21(24)17-13-18(25-2)20(19(14-17)26-3)27-15-16-7-5-4-6-8-16/h4-8,13-14H,9-12,15H2,1-3H3. The predicted molar refractivity (Wildman–Crippen MR) is 104 cm³/mol. The van der Waals surface area contributed by atoms with Crippen molar-refractivity contribution in [1.82, 2.24) is 9.80 Å². The van der Waals surface area contributed by atoms with E-state index in [0.29, 0.717) is 42.5 Å². The number of hydrogen-bond acceptors (Lipinski definition) is 5. The molecule has 0 aliphatic carbocycles. The maximum atomic E-state index is 12.9. The molecule has 0 atom stereocenters. The molecular formula is C21H26N2O4. The SMILES string of the molecule is COc1cc(C(=O)N2CCN(C)CC2)cc(OC)c1OCc1ccccc1. The highest BCUT2D eigenvalue weighted by molar-refractivity contribution is 5.95. The lowest BCUT2D eigenvalue weighted by molar-refractivity contribution is 0.0663.